The third-order valence-electron chi connectivity index (χ3n) is 4.57. The first kappa shape index (κ1) is 20.7. The van der Waals surface area contributed by atoms with Gasteiger partial charge in [0.25, 0.3) is 5.91 Å². The van der Waals surface area contributed by atoms with Crippen molar-refractivity contribution in [2.45, 2.75) is 58.0 Å². The molecule has 0 radical (unpaired) electrons. The van der Waals surface area contributed by atoms with Gasteiger partial charge in [0, 0.05) is 18.0 Å². The Balaban J connectivity index is 2.04. The number of hydrogen-bond acceptors (Lipinski definition) is 2. The molecule has 0 heterocycles. The quantitative estimate of drug-likeness (QED) is 0.622. The molecule has 2 atom stereocenters. The Hall–Kier alpha value is -2.62. The lowest BCUT2D eigenvalue weighted by Crippen LogP contribution is -2.50. The highest BCUT2D eigenvalue weighted by Crippen LogP contribution is 2.08. The summed E-state index contributed by atoms with van der Waals surface area (Å²) < 4.78 is 0. The van der Waals surface area contributed by atoms with Crippen LogP contribution in [0.5, 0.6) is 0 Å². The summed E-state index contributed by atoms with van der Waals surface area (Å²) in [5.41, 5.74) is 1.57. The minimum atomic E-state index is -0.603. The molecule has 2 aromatic carbocycles. The Kier molecular flexibility index (Phi) is 8.56. The molecular formula is C23H30N2O2. The Morgan fingerprint density at radius 2 is 1.52 bits per heavy atom. The Morgan fingerprint density at radius 1 is 0.889 bits per heavy atom. The Bertz CT molecular complexity index is 701. The van der Waals surface area contributed by atoms with E-state index in [4.69, 9.17) is 0 Å². The van der Waals surface area contributed by atoms with Crippen LogP contribution in [0.1, 0.15) is 55.5 Å². The van der Waals surface area contributed by atoms with Crippen molar-refractivity contribution in [3.63, 3.8) is 0 Å². The maximum Gasteiger partial charge on any atom is 0.251 e. The molecule has 0 saturated carbocycles. The van der Waals surface area contributed by atoms with Crippen LogP contribution < -0.4 is 10.6 Å². The van der Waals surface area contributed by atoms with Crippen molar-refractivity contribution in [2.24, 2.45) is 0 Å². The van der Waals surface area contributed by atoms with Crippen molar-refractivity contribution < 1.29 is 9.59 Å². The van der Waals surface area contributed by atoms with Crippen LogP contribution >= 0.6 is 0 Å². The fourth-order valence-corrected chi connectivity index (χ4v) is 3.01. The second-order valence-electron chi connectivity index (χ2n) is 6.99. The second kappa shape index (κ2) is 11.2. The summed E-state index contributed by atoms with van der Waals surface area (Å²) in [4.78, 5) is 25.4. The smallest absolute Gasteiger partial charge is 0.251 e. The average Bonchev–Trinajstić information content (AvgIpc) is 2.69. The van der Waals surface area contributed by atoms with E-state index in [9.17, 15) is 9.59 Å². The molecule has 0 bridgehead atoms. The summed E-state index contributed by atoms with van der Waals surface area (Å²) in [6.07, 6.45) is 4.83. The molecule has 4 heteroatoms. The number of nitrogens with one attached hydrogen (secondary N) is 2. The molecule has 2 amide bonds. The van der Waals surface area contributed by atoms with Crippen LogP contribution in [0.15, 0.2) is 60.7 Å². The van der Waals surface area contributed by atoms with Gasteiger partial charge < -0.3 is 10.6 Å². The topological polar surface area (TPSA) is 58.2 Å². The molecule has 0 aliphatic heterocycles. The van der Waals surface area contributed by atoms with E-state index in [-0.39, 0.29) is 17.9 Å². The van der Waals surface area contributed by atoms with E-state index in [1.54, 1.807) is 12.1 Å². The summed E-state index contributed by atoms with van der Waals surface area (Å²) in [6.45, 7) is 4.18. The van der Waals surface area contributed by atoms with Gasteiger partial charge in [-0.25, -0.2) is 0 Å². The second-order valence-corrected chi connectivity index (χ2v) is 6.99. The molecule has 0 saturated heterocycles. The van der Waals surface area contributed by atoms with Gasteiger partial charge in [-0.05, 0) is 31.0 Å². The van der Waals surface area contributed by atoms with Crippen molar-refractivity contribution in [2.75, 3.05) is 0 Å². The van der Waals surface area contributed by atoms with Crippen molar-refractivity contribution in [3.8, 4) is 0 Å². The van der Waals surface area contributed by atoms with E-state index >= 15 is 0 Å². The molecule has 144 valence electrons. The van der Waals surface area contributed by atoms with Crippen LogP contribution in [-0.2, 0) is 11.2 Å². The van der Waals surface area contributed by atoms with Crippen LogP contribution in [0.2, 0.25) is 0 Å². The summed E-state index contributed by atoms with van der Waals surface area (Å²) >= 11 is 0. The first-order chi connectivity index (χ1) is 13.1. The fraction of sp³-hybridized carbons (Fsp3) is 0.391. The van der Waals surface area contributed by atoms with Gasteiger partial charge in [0.05, 0.1) is 0 Å². The van der Waals surface area contributed by atoms with Crippen LogP contribution in [0.25, 0.3) is 0 Å². The van der Waals surface area contributed by atoms with E-state index in [2.05, 4.69) is 17.6 Å². The fourth-order valence-electron chi connectivity index (χ4n) is 3.01. The molecule has 2 rings (SSSR count). The zero-order valence-electron chi connectivity index (χ0n) is 16.3. The van der Waals surface area contributed by atoms with E-state index in [0.717, 1.165) is 24.8 Å². The number of rotatable bonds is 10. The van der Waals surface area contributed by atoms with Gasteiger partial charge in [-0.3, -0.25) is 9.59 Å². The van der Waals surface area contributed by atoms with Gasteiger partial charge >= 0.3 is 0 Å². The molecule has 2 N–H and O–H groups in total. The van der Waals surface area contributed by atoms with Gasteiger partial charge in [0.2, 0.25) is 5.91 Å². The van der Waals surface area contributed by atoms with E-state index in [1.807, 2.05) is 55.5 Å². The summed E-state index contributed by atoms with van der Waals surface area (Å²) in [5.74, 6) is -0.363. The van der Waals surface area contributed by atoms with E-state index in [1.165, 1.54) is 6.42 Å². The number of carbonyl (C=O) groups excluding carboxylic acids is 2. The highest BCUT2D eigenvalue weighted by atomic mass is 16.2. The normalized spacial score (nSPS) is 12.8. The highest BCUT2D eigenvalue weighted by molar-refractivity contribution is 5.97. The molecule has 0 aromatic heterocycles. The van der Waals surface area contributed by atoms with Crippen molar-refractivity contribution >= 4 is 11.8 Å². The largest absolute Gasteiger partial charge is 0.352 e. The number of unbranched alkanes of at least 4 members (excludes halogenated alkanes) is 2. The molecule has 2 aromatic rings. The summed E-state index contributed by atoms with van der Waals surface area (Å²) in [7, 11) is 0. The summed E-state index contributed by atoms with van der Waals surface area (Å²) in [6, 6.07) is 18.3. The third kappa shape index (κ3) is 7.26. The van der Waals surface area contributed by atoms with Gasteiger partial charge in [-0.1, -0.05) is 74.7 Å². The van der Waals surface area contributed by atoms with Crippen LogP contribution in [-0.4, -0.2) is 23.9 Å². The number of hydrogen-bond donors (Lipinski definition) is 2. The molecule has 27 heavy (non-hydrogen) atoms. The molecule has 0 aliphatic carbocycles. The number of amides is 2. The molecule has 0 fully saturated rings. The molecule has 0 aliphatic rings. The van der Waals surface area contributed by atoms with Crippen molar-refractivity contribution in [1.29, 1.82) is 0 Å². The molecule has 0 spiro atoms. The van der Waals surface area contributed by atoms with Gasteiger partial charge in [-0.2, -0.15) is 0 Å². The first-order valence-corrected chi connectivity index (χ1v) is 9.80. The standard InChI is InChI=1S/C23H30N2O2/c1-3-4-7-12-18(2)24-23(27)21(17-19-13-8-5-9-14-19)25-22(26)20-15-10-6-11-16-20/h5-6,8-11,13-16,18,21H,3-4,7,12,17H2,1-2H3,(H,24,27)(H,25,26). The van der Waals surface area contributed by atoms with Crippen LogP contribution in [0, 0.1) is 0 Å². The Labute approximate surface area is 162 Å². The third-order valence-corrected chi connectivity index (χ3v) is 4.57. The summed E-state index contributed by atoms with van der Waals surface area (Å²) in [5, 5.41) is 5.97. The molecule has 2 unspecified atom stereocenters. The zero-order chi connectivity index (χ0) is 19.5. The van der Waals surface area contributed by atoms with Crippen LogP contribution in [0.3, 0.4) is 0 Å². The van der Waals surface area contributed by atoms with Crippen molar-refractivity contribution in [3.05, 3.63) is 71.8 Å². The predicted octanol–water partition coefficient (Wildman–Crippen LogP) is 4.11. The Morgan fingerprint density at radius 3 is 2.15 bits per heavy atom. The lowest BCUT2D eigenvalue weighted by atomic mass is 10.0. The van der Waals surface area contributed by atoms with Crippen molar-refractivity contribution in [1.82, 2.24) is 10.6 Å². The van der Waals surface area contributed by atoms with E-state index in [0.29, 0.717) is 12.0 Å². The highest BCUT2D eigenvalue weighted by Gasteiger charge is 2.23. The minimum Gasteiger partial charge on any atom is -0.352 e. The van der Waals surface area contributed by atoms with E-state index < -0.39 is 6.04 Å². The predicted molar refractivity (Wildman–Crippen MR) is 110 cm³/mol. The molecule has 4 nitrogen and oxygen atoms in total. The maximum absolute atomic E-state index is 12.8. The number of carbonyl (C=O) groups is 2. The lowest BCUT2D eigenvalue weighted by molar-refractivity contribution is -0.123. The maximum atomic E-state index is 12.8. The lowest BCUT2D eigenvalue weighted by Gasteiger charge is -2.22. The van der Waals surface area contributed by atoms with Gasteiger partial charge in [0.1, 0.15) is 6.04 Å². The first-order valence-electron chi connectivity index (χ1n) is 9.80. The minimum absolute atomic E-state index is 0.0935. The van der Waals surface area contributed by atoms with Gasteiger partial charge in [0.15, 0.2) is 0 Å². The monoisotopic (exact) mass is 366 g/mol. The van der Waals surface area contributed by atoms with Gasteiger partial charge in [-0.15, -0.1) is 0 Å². The zero-order valence-corrected chi connectivity index (χ0v) is 16.3. The number of benzene rings is 2. The average molecular weight is 367 g/mol. The molecular weight excluding hydrogens is 336 g/mol. The van der Waals surface area contributed by atoms with Crippen LogP contribution in [0.4, 0.5) is 0 Å². The SMILES string of the molecule is CCCCCC(C)NC(=O)C(Cc1ccccc1)NC(=O)c1ccccc1.